The van der Waals surface area contributed by atoms with Gasteiger partial charge in [-0.25, -0.2) is 0 Å². The third kappa shape index (κ3) is 6.37. The summed E-state index contributed by atoms with van der Waals surface area (Å²) in [6.45, 7) is 0. The molecule has 0 unspecified atom stereocenters. The molecule has 0 radical (unpaired) electrons. The summed E-state index contributed by atoms with van der Waals surface area (Å²) in [5, 5.41) is 10.6. The van der Waals surface area contributed by atoms with Crippen LogP contribution in [0.15, 0.2) is 115 Å². The van der Waals surface area contributed by atoms with Crippen LogP contribution in [0.1, 0.15) is 43.0 Å². The predicted molar refractivity (Wildman–Crippen MR) is 163 cm³/mol. The summed E-state index contributed by atoms with van der Waals surface area (Å²) in [5.74, 6) is -1.46. The van der Waals surface area contributed by atoms with Gasteiger partial charge in [0.25, 0.3) is 5.91 Å². The van der Waals surface area contributed by atoms with E-state index in [-0.39, 0.29) is 16.9 Å². The number of amides is 2. The van der Waals surface area contributed by atoms with Gasteiger partial charge in [-0.15, -0.1) is 0 Å². The molecule has 0 aliphatic heterocycles. The van der Waals surface area contributed by atoms with Crippen LogP contribution in [0.5, 0.6) is 5.75 Å². The van der Waals surface area contributed by atoms with Crippen LogP contribution in [-0.2, 0) is 12.8 Å². The number of primary amides is 1. The minimum atomic E-state index is -0.690. The van der Waals surface area contributed by atoms with Crippen molar-refractivity contribution in [1.29, 1.82) is 0 Å². The lowest BCUT2D eigenvalue weighted by atomic mass is 10.0. The lowest BCUT2D eigenvalue weighted by Gasteiger charge is -2.24. The zero-order valence-corrected chi connectivity index (χ0v) is 22.3. The topological polar surface area (TPSA) is 136 Å². The fourth-order valence-corrected chi connectivity index (χ4v) is 4.64. The molecule has 0 aliphatic carbocycles. The first kappa shape index (κ1) is 27.0. The maximum atomic E-state index is 13.9. The maximum Gasteiger partial charge on any atom is 0.266 e. The highest BCUT2D eigenvalue weighted by molar-refractivity contribution is 6.12. The molecule has 204 valence electrons. The van der Waals surface area contributed by atoms with Gasteiger partial charge in [-0.1, -0.05) is 48.5 Å². The van der Waals surface area contributed by atoms with Crippen LogP contribution in [0, 0.1) is 0 Å². The highest BCUT2D eigenvalue weighted by Gasteiger charge is 2.23. The zero-order chi connectivity index (χ0) is 28.9. The summed E-state index contributed by atoms with van der Waals surface area (Å²) >= 11 is 0. The van der Waals surface area contributed by atoms with Crippen molar-refractivity contribution in [3.05, 3.63) is 149 Å². The van der Waals surface area contributed by atoms with Crippen molar-refractivity contribution in [2.24, 2.45) is 5.73 Å². The van der Waals surface area contributed by atoms with Gasteiger partial charge in [0.1, 0.15) is 5.75 Å². The van der Waals surface area contributed by atoms with E-state index in [4.69, 9.17) is 17.2 Å². The Bertz CT molecular complexity index is 1590. The van der Waals surface area contributed by atoms with E-state index >= 15 is 0 Å². The smallest absolute Gasteiger partial charge is 0.266 e. The number of anilines is 4. The van der Waals surface area contributed by atoms with E-state index in [9.17, 15) is 14.7 Å². The molecule has 0 spiro atoms. The molecule has 0 saturated heterocycles. The first-order valence-corrected chi connectivity index (χ1v) is 13.1. The van der Waals surface area contributed by atoms with Crippen LogP contribution >= 0.6 is 0 Å². The molecule has 0 aliphatic rings. The summed E-state index contributed by atoms with van der Waals surface area (Å²) in [4.78, 5) is 27.0. The first-order valence-electron chi connectivity index (χ1n) is 13.1. The average molecular weight is 543 g/mol. The third-order valence-corrected chi connectivity index (χ3v) is 6.88. The van der Waals surface area contributed by atoms with Gasteiger partial charge in [-0.05, 0) is 102 Å². The molecule has 7 N–H and O–H groups in total. The SMILES string of the molecule is NC(=O)c1ccc(C(=O)N(c2ccc(Cc3ccc(N)cc3)cc2)c2ccc(Cc3ccc(N)cc3)cc2)c(O)c1. The largest absolute Gasteiger partial charge is 0.507 e. The van der Waals surface area contributed by atoms with Crippen LogP contribution in [0.3, 0.4) is 0 Å². The summed E-state index contributed by atoms with van der Waals surface area (Å²) in [6.07, 6.45) is 1.42. The highest BCUT2D eigenvalue weighted by Crippen LogP contribution is 2.31. The summed E-state index contributed by atoms with van der Waals surface area (Å²) in [5.41, 5.74) is 24.2. The molecule has 0 saturated carbocycles. The van der Waals surface area contributed by atoms with Crippen molar-refractivity contribution in [1.82, 2.24) is 0 Å². The predicted octanol–water partition coefficient (Wildman–Crippen LogP) is 5.82. The van der Waals surface area contributed by atoms with E-state index in [1.54, 1.807) is 4.90 Å². The molecule has 0 aromatic heterocycles. The highest BCUT2D eigenvalue weighted by atomic mass is 16.3. The molecule has 2 amide bonds. The first-order chi connectivity index (χ1) is 19.8. The van der Waals surface area contributed by atoms with Gasteiger partial charge in [0.05, 0.1) is 5.56 Å². The van der Waals surface area contributed by atoms with Crippen molar-refractivity contribution in [2.45, 2.75) is 12.8 Å². The third-order valence-electron chi connectivity index (χ3n) is 6.88. The number of carbonyl (C=O) groups is 2. The maximum absolute atomic E-state index is 13.9. The fourth-order valence-electron chi connectivity index (χ4n) is 4.64. The van der Waals surface area contributed by atoms with E-state index in [0.717, 1.165) is 22.3 Å². The Morgan fingerprint density at radius 2 is 0.976 bits per heavy atom. The van der Waals surface area contributed by atoms with Crippen LogP contribution in [0.25, 0.3) is 0 Å². The number of hydrogen-bond acceptors (Lipinski definition) is 5. The number of nitrogens with zero attached hydrogens (tertiary/aromatic N) is 1. The van der Waals surface area contributed by atoms with Crippen LogP contribution < -0.4 is 22.1 Å². The Morgan fingerprint density at radius 1 is 0.585 bits per heavy atom. The van der Waals surface area contributed by atoms with E-state index in [2.05, 4.69) is 0 Å². The number of rotatable bonds is 8. The standard InChI is InChI=1S/C34H30N4O3/c35-27-10-1-22(2-11-27)19-24-5-14-29(15-6-24)38(34(41)31-18-9-26(33(37)40)21-32(31)39)30-16-7-25(8-17-30)20-23-3-12-28(36)13-4-23/h1-18,21,39H,19-20,35-36H2,(H2,37,40). The number of benzene rings is 5. The molecule has 5 aromatic carbocycles. The number of carbonyl (C=O) groups excluding carboxylic acids is 2. The van der Waals surface area contributed by atoms with Gasteiger partial charge in [0.15, 0.2) is 0 Å². The van der Waals surface area contributed by atoms with Gasteiger partial charge in [-0.2, -0.15) is 0 Å². The average Bonchev–Trinajstić information content (AvgIpc) is 2.97. The molecule has 5 aromatic rings. The molecule has 0 heterocycles. The summed E-state index contributed by atoms with van der Waals surface area (Å²) in [6, 6.07) is 34.9. The van der Waals surface area contributed by atoms with E-state index in [0.29, 0.717) is 35.6 Å². The number of phenolic OH excluding ortho intramolecular Hbond substituents is 1. The number of hydrogen-bond donors (Lipinski definition) is 4. The van der Waals surface area contributed by atoms with Crippen molar-refractivity contribution < 1.29 is 14.7 Å². The zero-order valence-electron chi connectivity index (χ0n) is 22.3. The fraction of sp³-hybridized carbons (Fsp3) is 0.0588. The van der Waals surface area contributed by atoms with Crippen molar-refractivity contribution in [3.8, 4) is 5.75 Å². The Hall–Kier alpha value is -5.56. The number of phenols is 1. The van der Waals surface area contributed by atoms with E-state index in [1.165, 1.54) is 18.2 Å². The quantitative estimate of drug-likeness (QED) is 0.183. The Kier molecular flexibility index (Phi) is 7.69. The second-order valence-electron chi connectivity index (χ2n) is 9.91. The summed E-state index contributed by atoms with van der Waals surface area (Å²) in [7, 11) is 0. The molecule has 41 heavy (non-hydrogen) atoms. The minimum absolute atomic E-state index is 0.0481. The number of aromatic hydroxyl groups is 1. The van der Waals surface area contributed by atoms with Gasteiger partial charge in [0.2, 0.25) is 5.91 Å². The molecule has 0 bridgehead atoms. The molecule has 7 nitrogen and oxygen atoms in total. The van der Waals surface area contributed by atoms with E-state index in [1.807, 2.05) is 97.1 Å². The second kappa shape index (κ2) is 11.7. The molecule has 0 fully saturated rings. The van der Waals surface area contributed by atoms with Gasteiger partial charge in [0, 0.05) is 28.3 Å². The minimum Gasteiger partial charge on any atom is -0.507 e. The molecular formula is C34H30N4O3. The Labute approximate surface area is 238 Å². The lowest BCUT2D eigenvalue weighted by molar-refractivity contribution is 0.0985. The van der Waals surface area contributed by atoms with Gasteiger partial charge < -0.3 is 22.3 Å². The van der Waals surface area contributed by atoms with Crippen molar-refractivity contribution in [2.75, 3.05) is 16.4 Å². The normalized spacial score (nSPS) is 10.7. The molecule has 0 atom stereocenters. The van der Waals surface area contributed by atoms with Crippen LogP contribution in [-0.4, -0.2) is 16.9 Å². The number of nitrogen functional groups attached to an aromatic ring is 2. The summed E-state index contributed by atoms with van der Waals surface area (Å²) < 4.78 is 0. The van der Waals surface area contributed by atoms with Crippen LogP contribution in [0.4, 0.5) is 22.7 Å². The monoisotopic (exact) mass is 542 g/mol. The number of nitrogens with two attached hydrogens (primary N) is 3. The second-order valence-corrected chi connectivity index (χ2v) is 9.91. The van der Waals surface area contributed by atoms with Gasteiger partial charge in [-0.3, -0.25) is 14.5 Å². The van der Waals surface area contributed by atoms with Crippen LogP contribution in [0.2, 0.25) is 0 Å². The van der Waals surface area contributed by atoms with E-state index < -0.39 is 11.8 Å². The molecule has 5 rings (SSSR count). The Morgan fingerprint density at radius 3 is 1.34 bits per heavy atom. The Balaban J connectivity index is 1.47. The van der Waals surface area contributed by atoms with Gasteiger partial charge >= 0.3 is 0 Å². The van der Waals surface area contributed by atoms with Crippen molar-refractivity contribution >= 4 is 34.6 Å². The lowest BCUT2D eigenvalue weighted by Crippen LogP contribution is -2.26. The molecular weight excluding hydrogens is 512 g/mol. The van der Waals surface area contributed by atoms with Crippen molar-refractivity contribution in [3.63, 3.8) is 0 Å². The molecule has 7 heteroatoms.